The van der Waals surface area contributed by atoms with Crippen LogP contribution >= 0.6 is 18.7 Å². The Balaban J connectivity index is 1.59. The first-order chi connectivity index (χ1) is 19.2. The topological polar surface area (TPSA) is 141 Å². The number of para-hydroxylation sites is 1. The van der Waals surface area contributed by atoms with Crippen molar-refractivity contribution in [3.63, 3.8) is 0 Å². The van der Waals surface area contributed by atoms with Gasteiger partial charge in [-0.25, -0.2) is 4.98 Å². The van der Waals surface area contributed by atoms with Crippen molar-refractivity contribution in [3.8, 4) is 11.8 Å². The van der Waals surface area contributed by atoms with E-state index >= 15 is 0 Å². The van der Waals surface area contributed by atoms with Crippen molar-refractivity contribution >= 4 is 52.9 Å². The fraction of sp³-hybridized carbons (Fsp3) is 0.393. The number of halogens is 1. The lowest BCUT2D eigenvalue weighted by Crippen LogP contribution is -2.44. The van der Waals surface area contributed by atoms with Gasteiger partial charge in [0.25, 0.3) is 0 Å². The summed E-state index contributed by atoms with van der Waals surface area (Å²) in [7, 11) is -0.934. The van der Waals surface area contributed by atoms with Crippen LogP contribution in [0.1, 0.15) is 18.4 Å². The van der Waals surface area contributed by atoms with Gasteiger partial charge < -0.3 is 35.9 Å². The second-order valence-electron chi connectivity index (χ2n) is 10.0. The van der Waals surface area contributed by atoms with E-state index in [1.165, 1.54) is 6.20 Å². The molecule has 212 valence electrons. The van der Waals surface area contributed by atoms with Crippen LogP contribution in [-0.2, 0) is 11.0 Å². The van der Waals surface area contributed by atoms with E-state index < -0.39 is 7.14 Å². The minimum Gasteiger partial charge on any atom is -0.494 e. The molecular formula is C28H36ClN8O2P. The highest BCUT2D eigenvalue weighted by Gasteiger charge is 2.23. The molecule has 0 aliphatic carbocycles. The maximum atomic E-state index is 12.8. The maximum absolute atomic E-state index is 12.8. The Morgan fingerprint density at radius 3 is 2.62 bits per heavy atom. The monoisotopic (exact) mass is 582 g/mol. The first kappa shape index (κ1) is 29.6. The highest BCUT2D eigenvalue weighted by atomic mass is 35.5. The molecule has 2 heterocycles. The van der Waals surface area contributed by atoms with Crippen LogP contribution in [0.4, 0.5) is 28.8 Å². The average molecular weight is 583 g/mol. The Labute approximate surface area is 240 Å². The number of hydrogen-bond donors (Lipinski definition) is 4. The van der Waals surface area contributed by atoms with Crippen molar-refractivity contribution in [2.24, 2.45) is 5.73 Å². The number of aromatic nitrogens is 2. The fourth-order valence-corrected chi connectivity index (χ4v) is 6.12. The van der Waals surface area contributed by atoms with Gasteiger partial charge >= 0.3 is 0 Å². The molecule has 0 bridgehead atoms. The molecule has 0 saturated carbocycles. The van der Waals surface area contributed by atoms with Gasteiger partial charge in [-0.3, -0.25) is 0 Å². The van der Waals surface area contributed by atoms with Crippen molar-refractivity contribution in [2.75, 3.05) is 62.2 Å². The molecule has 0 amide bonds. The Morgan fingerprint density at radius 2 is 1.95 bits per heavy atom. The standard InChI is InChI=1S/C28H36ClN8O2P/c1-39-25-17-24(37-14-9-20(10-15-37)32-13-12-31)19(8-11-30)16-23(25)35-28-33-18-21(29)27(36-28)34-22-6-4-5-7-26(22)40(2,3)38/h4-7,16-18,20,32H,8-10,12-15,31H2,1-3H3,(H2,33,34,35,36). The molecule has 0 spiro atoms. The summed E-state index contributed by atoms with van der Waals surface area (Å²) in [4.78, 5) is 11.2. The molecular weight excluding hydrogens is 547 g/mol. The number of methoxy groups -OCH3 is 1. The van der Waals surface area contributed by atoms with E-state index in [2.05, 4.69) is 36.9 Å². The van der Waals surface area contributed by atoms with Crippen LogP contribution < -0.4 is 36.6 Å². The number of nitrogens with zero attached hydrogens (tertiary/aromatic N) is 4. The molecule has 1 saturated heterocycles. The van der Waals surface area contributed by atoms with Crippen molar-refractivity contribution in [3.05, 3.63) is 53.2 Å². The van der Waals surface area contributed by atoms with Crippen LogP contribution in [0.3, 0.4) is 0 Å². The largest absolute Gasteiger partial charge is 0.494 e. The zero-order chi connectivity index (χ0) is 28.7. The summed E-state index contributed by atoms with van der Waals surface area (Å²) in [5, 5.41) is 20.5. The molecule has 4 rings (SSSR count). The second kappa shape index (κ2) is 13.3. The van der Waals surface area contributed by atoms with Gasteiger partial charge in [-0.15, -0.1) is 0 Å². The number of rotatable bonds is 11. The van der Waals surface area contributed by atoms with Crippen LogP contribution in [0.2, 0.25) is 5.02 Å². The van der Waals surface area contributed by atoms with Crippen molar-refractivity contribution < 1.29 is 9.30 Å². The van der Waals surface area contributed by atoms with Gasteiger partial charge in [0.05, 0.1) is 37.2 Å². The van der Waals surface area contributed by atoms with E-state index in [1.807, 2.05) is 36.4 Å². The molecule has 3 aromatic rings. The normalized spacial score (nSPS) is 14.1. The number of nitrogens with one attached hydrogen (secondary N) is 3. The van der Waals surface area contributed by atoms with E-state index in [9.17, 15) is 9.83 Å². The maximum Gasteiger partial charge on any atom is 0.229 e. The fourth-order valence-electron chi connectivity index (χ4n) is 4.83. The Bertz CT molecular complexity index is 1420. The summed E-state index contributed by atoms with van der Waals surface area (Å²) in [6, 6.07) is 14.0. The second-order valence-corrected chi connectivity index (χ2v) is 13.6. The van der Waals surface area contributed by atoms with Gasteiger partial charge in [0.2, 0.25) is 5.95 Å². The minimum absolute atomic E-state index is 0.249. The first-order valence-electron chi connectivity index (χ1n) is 13.2. The molecule has 0 atom stereocenters. The summed E-state index contributed by atoms with van der Waals surface area (Å²) in [5.74, 6) is 1.27. The van der Waals surface area contributed by atoms with Gasteiger partial charge in [-0.05, 0) is 49.9 Å². The number of piperidine rings is 1. The summed E-state index contributed by atoms with van der Waals surface area (Å²) in [5.41, 5.74) is 8.82. The SMILES string of the molecule is COc1cc(N2CCC(NCCN)CC2)c(CC#N)cc1Nc1ncc(Cl)c(Nc2ccccc2P(C)(C)=O)n1. The predicted octanol–water partition coefficient (Wildman–Crippen LogP) is 4.46. The van der Waals surface area contributed by atoms with Crippen LogP contribution in [0, 0.1) is 11.3 Å². The molecule has 12 heteroatoms. The van der Waals surface area contributed by atoms with Crippen LogP contribution in [0.15, 0.2) is 42.6 Å². The van der Waals surface area contributed by atoms with Gasteiger partial charge in [0.15, 0.2) is 5.82 Å². The molecule has 10 nitrogen and oxygen atoms in total. The van der Waals surface area contributed by atoms with Gasteiger partial charge in [-0.1, -0.05) is 23.7 Å². The van der Waals surface area contributed by atoms with E-state index in [4.69, 9.17) is 22.1 Å². The first-order valence-corrected chi connectivity index (χ1v) is 16.2. The van der Waals surface area contributed by atoms with Crippen LogP contribution in [0.5, 0.6) is 5.75 Å². The lowest BCUT2D eigenvalue weighted by molar-refractivity contribution is 0.412. The van der Waals surface area contributed by atoms with Crippen LogP contribution in [-0.4, -0.2) is 62.6 Å². The Morgan fingerprint density at radius 1 is 1.20 bits per heavy atom. The molecule has 0 radical (unpaired) electrons. The summed E-state index contributed by atoms with van der Waals surface area (Å²) in [6.07, 6.45) is 3.74. The molecule has 1 fully saturated rings. The van der Waals surface area contributed by atoms with E-state index in [1.54, 1.807) is 20.4 Å². The van der Waals surface area contributed by atoms with Crippen molar-refractivity contribution in [1.29, 1.82) is 5.26 Å². The van der Waals surface area contributed by atoms with E-state index in [0.29, 0.717) is 51.8 Å². The number of benzene rings is 2. The number of nitrogens with two attached hydrogens (primary N) is 1. The zero-order valence-electron chi connectivity index (χ0n) is 23.1. The van der Waals surface area contributed by atoms with Gasteiger partial charge in [-0.2, -0.15) is 10.2 Å². The third kappa shape index (κ3) is 7.23. The smallest absolute Gasteiger partial charge is 0.229 e. The minimum atomic E-state index is -2.54. The average Bonchev–Trinajstić information content (AvgIpc) is 2.94. The number of anilines is 5. The highest BCUT2D eigenvalue weighted by Crippen LogP contribution is 2.39. The molecule has 1 aliphatic rings. The molecule has 1 aliphatic heterocycles. The highest BCUT2D eigenvalue weighted by molar-refractivity contribution is 7.70. The number of nitriles is 1. The molecule has 5 N–H and O–H groups in total. The Hall–Kier alpha value is -3.35. The third-order valence-electron chi connectivity index (χ3n) is 6.81. The van der Waals surface area contributed by atoms with Gasteiger partial charge in [0, 0.05) is 49.3 Å². The third-order valence-corrected chi connectivity index (χ3v) is 8.64. The van der Waals surface area contributed by atoms with Gasteiger partial charge in [0.1, 0.15) is 17.9 Å². The molecule has 2 aromatic carbocycles. The molecule has 40 heavy (non-hydrogen) atoms. The Kier molecular flexibility index (Phi) is 9.88. The zero-order valence-corrected chi connectivity index (χ0v) is 24.7. The lowest BCUT2D eigenvalue weighted by Gasteiger charge is -2.35. The number of hydrogen-bond acceptors (Lipinski definition) is 10. The molecule has 1 aromatic heterocycles. The summed E-state index contributed by atoms with van der Waals surface area (Å²) in [6.45, 7) is 6.62. The quantitative estimate of drug-likeness (QED) is 0.239. The van der Waals surface area contributed by atoms with E-state index in [-0.39, 0.29) is 6.42 Å². The number of ether oxygens (including phenoxy) is 1. The van der Waals surface area contributed by atoms with Crippen molar-refractivity contribution in [2.45, 2.75) is 25.3 Å². The van der Waals surface area contributed by atoms with Crippen molar-refractivity contribution in [1.82, 2.24) is 15.3 Å². The predicted molar refractivity (Wildman–Crippen MR) is 164 cm³/mol. The van der Waals surface area contributed by atoms with E-state index in [0.717, 1.165) is 43.7 Å². The lowest BCUT2D eigenvalue weighted by atomic mass is 10.0. The summed E-state index contributed by atoms with van der Waals surface area (Å²) < 4.78 is 18.5. The van der Waals surface area contributed by atoms with Crippen LogP contribution in [0.25, 0.3) is 0 Å². The summed E-state index contributed by atoms with van der Waals surface area (Å²) >= 11 is 6.42. The molecule has 0 unspecified atom stereocenters.